The predicted octanol–water partition coefficient (Wildman–Crippen LogP) is 1.04. The maximum atomic E-state index is 11.8. The standard InChI is InChI=1S/C11H11N3O2/c1-8-4-2-3-5-10(8)14-11(16)9(6-13-14)12-7-15/h2-7,13H,1H3,(H,12,15). The first-order valence-corrected chi connectivity index (χ1v) is 4.80. The Balaban J connectivity index is 2.54. The Bertz CT molecular complexity index is 569. The van der Waals surface area contributed by atoms with Crippen molar-refractivity contribution in [2.45, 2.75) is 6.92 Å². The zero-order valence-electron chi connectivity index (χ0n) is 8.73. The molecule has 16 heavy (non-hydrogen) atoms. The summed E-state index contributed by atoms with van der Waals surface area (Å²) < 4.78 is 1.39. The minimum Gasteiger partial charge on any atom is -0.323 e. The monoisotopic (exact) mass is 217 g/mol. The number of rotatable bonds is 3. The Kier molecular flexibility index (Phi) is 2.59. The van der Waals surface area contributed by atoms with E-state index in [1.54, 1.807) is 0 Å². The first kappa shape index (κ1) is 10.2. The van der Waals surface area contributed by atoms with E-state index in [1.807, 2.05) is 31.2 Å². The number of nitrogens with one attached hydrogen (secondary N) is 2. The van der Waals surface area contributed by atoms with E-state index in [0.29, 0.717) is 6.41 Å². The van der Waals surface area contributed by atoms with E-state index in [9.17, 15) is 9.59 Å². The lowest BCUT2D eigenvalue weighted by atomic mass is 10.2. The summed E-state index contributed by atoms with van der Waals surface area (Å²) in [5.74, 6) is 0. The predicted molar refractivity (Wildman–Crippen MR) is 60.8 cm³/mol. The number of aromatic amines is 1. The number of carbonyl (C=O) groups is 1. The van der Waals surface area contributed by atoms with Gasteiger partial charge >= 0.3 is 0 Å². The molecule has 2 aromatic rings. The van der Waals surface area contributed by atoms with Gasteiger partial charge in [0.25, 0.3) is 5.56 Å². The molecule has 0 saturated carbocycles. The fourth-order valence-corrected chi connectivity index (χ4v) is 1.53. The van der Waals surface area contributed by atoms with Gasteiger partial charge in [-0.25, -0.2) is 4.68 Å². The van der Waals surface area contributed by atoms with Crippen molar-refractivity contribution in [2.24, 2.45) is 0 Å². The number of carbonyl (C=O) groups excluding carboxylic acids is 1. The highest BCUT2D eigenvalue weighted by Gasteiger charge is 2.08. The molecule has 0 fully saturated rings. The van der Waals surface area contributed by atoms with Crippen LogP contribution in [-0.2, 0) is 4.79 Å². The summed E-state index contributed by atoms with van der Waals surface area (Å²) in [7, 11) is 0. The van der Waals surface area contributed by atoms with Crippen molar-refractivity contribution >= 4 is 12.1 Å². The second-order valence-corrected chi connectivity index (χ2v) is 3.38. The van der Waals surface area contributed by atoms with Crippen molar-refractivity contribution in [1.29, 1.82) is 0 Å². The Morgan fingerprint density at radius 2 is 2.12 bits per heavy atom. The van der Waals surface area contributed by atoms with Crippen LogP contribution >= 0.6 is 0 Å². The first-order chi connectivity index (χ1) is 7.74. The van der Waals surface area contributed by atoms with Crippen LogP contribution in [0, 0.1) is 6.92 Å². The number of amides is 1. The van der Waals surface area contributed by atoms with Crippen molar-refractivity contribution in [3.05, 3.63) is 46.4 Å². The normalized spacial score (nSPS) is 10.1. The van der Waals surface area contributed by atoms with E-state index >= 15 is 0 Å². The lowest BCUT2D eigenvalue weighted by molar-refractivity contribution is -0.105. The van der Waals surface area contributed by atoms with Crippen molar-refractivity contribution in [1.82, 2.24) is 9.78 Å². The number of aromatic nitrogens is 2. The second-order valence-electron chi connectivity index (χ2n) is 3.38. The number of nitrogens with zero attached hydrogens (tertiary/aromatic N) is 1. The van der Waals surface area contributed by atoms with Crippen LogP contribution in [0.1, 0.15) is 5.56 Å². The van der Waals surface area contributed by atoms with Gasteiger partial charge in [0.2, 0.25) is 6.41 Å². The van der Waals surface area contributed by atoms with Crippen LogP contribution in [0.5, 0.6) is 0 Å². The maximum absolute atomic E-state index is 11.8. The molecule has 0 unspecified atom stereocenters. The van der Waals surface area contributed by atoms with Gasteiger partial charge in [-0.3, -0.25) is 14.7 Å². The van der Waals surface area contributed by atoms with Gasteiger partial charge in [-0.1, -0.05) is 18.2 Å². The molecule has 5 heteroatoms. The molecule has 0 aliphatic carbocycles. The van der Waals surface area contributed by atoms with Crippen LogP contribution in [0.2, 0.25) is 0 Å². The van der Waals surface area contributed by atoms with E-state index in [1.165, 1.54) is 10.9 Å². The molecule has 82 valence electrons. The zero-order valence-corrected chi connectivity index (χ0v) is 8.73. The molecular formula is C11H11N3O2. The largest absolute Gasteiger partial charge is 0.323 e. The molecule has 2 N–H and O–H groups in total. The van der Waals surface area contributed by atoms with Crippen LogP contribution < -0.4 is 10.9 Å². The van der Waals surface area contributed by atoms with Crippen molar-refractivity contribution < 1.29 is 4.79 Å². The molecule has 1 aromatic carbocycles. The molecule has 1 heterocycles. The molecule has 0 aliphatic rings. The first-order valence-electron chi connectivity index (χ1n) is 4.80. The van der Waals surface area contributed by atoms with Crippen LogP contribution in [0.3, 0.4) is 0 Å². The third kappa shape index (κ3) is 1.63. The molecule has 0 saturated heterocycles. The third-order valence-corrected chi connectivity index (χ3v) is 2.34. The fraction of sp³-hybridized carbons (Fsp3) is 0.0909. The smallest absolute Gasteiger partial charge is 0.294 e. The summed E-state index contributed by atoms with van der Waals surface area (Å²) in [6, 6.07) is 7.49. The molecular weight excluding hydrogens is 206 g/mol. The zero-order chi connectivity index (χ0) is 11.5. The highest BCUT2D eigenvalue weighted by Crippen LogP contribution is 2.11. The topological polar surface area (TPSA) is 66.9 Å². The van der Waals surface area contributed by atoms with Gasteiger partial charge in [-0.05, 0) is 18.6 Å². The summed E-state index contributed by atoms with van der Waals surface area (Å²) in [6.07, 6.45) is 1.94. The average molecular weight is 217 g/mol. The maximum Gasteiger partial charge on any atom is 0.294 e. The number of aryl methyl sites for hydroxylation is 1. The number of anilines is 1. The Morgan fingerprint density at radius 3 is 2.81 bits per heavy atom. The molecule has 1 amide bonds. The van der Waals surface area contributed by atoms with E-state index in [-0.39, 0.29) is 11.2 Å². The highest BCUT2D eigenvalue weighted by atomic mass is 16.1. The number of hydrogen-bond donors (Lipinski definition) is 2. The van der Waals surface area contributed by atoms with Gasteiger partial charge < -0.3 is 5.32 Å². The van der Waals surface area contributed by atoms with Gasteiger partial charge in [-0.15, -0.1) is 0 Å². The Hall–Kier alpha value is -2.30. The van der Waals surface area contributed by atoms with Crippen molar-refractivity contribution in [3.63, 3.8) is 0 Å². The Morgan fingerprint density at radius 1 is 1.38 bits per heavy atom. The molecule has 1 aromatic heterocycles. The summed E-state index contributed by atoms with van der Waals surface area (Å²) >= 11 is 0. The summed E-state index contributed by atoms with van der Waals surface area (Å²) in [6.45, 7) is 1.91. The Labute approximate surface area is 91.7 Å². The number of para-hydroxylation sites is 1. The molecule has 0 radical (unpaired) electrons. The lowest BCUT2D eigenvalue weighted by Crippen LogP contribution is -2.18. The quantitative estimate of drug-likeness (QED) is 0.754. The number of H-pyrrole nitrogens is 1. The minimum absolute atomic E-state index is 0.234. The van der Waals surface area contributed by atoms with Gasteiger partial charge in [0.05, 0.1) is 5.69 Å². The van der Waals surface area contributed by atoms with E-state index in [2.05, 4.69) is 10.4 Å². The van der Waals surface area contributed by atoms with Crippen LogP contribution in [0.4, 0.5) is 5.69 Å². The van der Waals surface area contributed by atoms with Crippen molar-refractivity contribution in [2.75, 3.05) is 5.32 Å². The molecule has 0 spiro atoms. The minimum atomic E-state index is -0.276. The van der Waals surface area contributed by atoms with E-state index < -0.39 is 0 Å². The summed E-state index contributed by atoms with van der Waals surface area (Å²) in [5.41, 5.74) is 1.70. The van der Waals surface area contributed by atoms with Gasteiger partial charge in [-0.2, -0.15) is 0 Å². The molecule has 0 atom stereocenters. The number of hydrogen-bond acceptors (Lipinski definition) is 2. The lowest BCUT2D eigenvalue weighted by Gasteiger charge is -2.04. The SMILES string of the molecule is Cc1ccccc1-n1[nH]cc(NC=O)c1=O. The summed E-state index contributed by atoms with van der Waals surface area (Å²) in [5, 5.41) is 5.14. The molecule has 0 aliphatic heterocycles. The molecule has 0 bridgehead atoms. The second kappa shape index (κ2) is 4.06. The van der Waals surface area contributed by atoms with E-state index in [0.717, 1.165) is 11.3 Å². The van der Waals surface area contributed by atoms with Crippen LogP contribution in [-0.4, -0.2) is 16.2 Å². The summed E-state index contributed by atoms with van der Waals surface area (Å²) in [4.78, 5) is 22.1. The fourth-order valence-electron chi connectivity index (χ4n) is 1.53. The molecule has 5 nitrogen and oxygen atoms in total. The van der Waals surface area contributed by atoms with Gasteiger partial charge in [0.15, 0.2) is 0 Å². The van der Waals surface area contributed by atoms with Crippen molar-refractivity contribution in [3.8, 4) is 5.69 Å². The number of benzene rings is 1. The van der Waals surface area contributed by atoms with Crippen LogP contribution in [0.15, 0.2) is 35.3 Å². The van der Waals surface area contributed by atoms with Crippen LogP contribution in [0.25, 0.3) is 5.69 Å². The molecule has 2 rings (SSSR count). The highest BCUT2D eigenvalue weighted by molar-refractivity contribution is 5.70. The average Bonchev–Trinajstić information content (AvgIpc) is 2.62. The third-order valence-electron chi connectivity index (χ3n) is 2.34. The van der Waals surface area contributed by atoms with E-state index in [4.69, 9.17) is 0 Å². The van der Waals surface area contributed by atoms with Gasteiger partial charge in [0, 0.05) is 6.20 Å². The van der Waals surface area contributed by atoms with Gasteiger partial charge in [0.1, 0.15) is 5.69 Å².